The molecule has 0 heterocycles. The molecule has 0 aliphatic carbocycles. The normalized spacial score (nSPS) is 9.59. The molecule has 3 N–H and O–H groups in total. The van der Waals surface area contributed by atoms with Crippen molar-refractivity contribution in [1.82, 2.24) is 0 Å². The van der Waals surface area contributed by atoms with E-state index in [1.807, 2.05) is 6.07 Å². The number of carboxylic acid groups (broad SMARTS) is 1. The molecule has 7 nitrogen and oxygen atoms in total. The topological polar surface area (TPSA) is 120 Å². The van der Waals surface area contributed by atoms with Crippen LogP contribution in [0.2, 0.25) is 0 Å². The van der Waals surface area contributed by atoms with Crippen molar-refractivity contribution in [2.45, 2.75) is 0 Å². The summed E-state index contributed by atoms with van der Waals surface area (Å²) in [5.74, 6) is -1.66. The molecule has 0 radical (unpaired) electrons. The molecule has 110 valence electrons. The van der Waals surface area contributed by atoms with Crippen LogP contribution in [0.25, 0.3) is 0 Å². The second-order valence-corrected chi connectivity index (χ2v) is 4.16. The zero-order valence-corrected chi connectivity index (χ0v) is 11.1. The van der Waals surface area contributed by atoms with Crippen LogP contribution in [0.15, 0.2) is 42.5 Å². The minimum Gasteiger partial charge on any atom is -0.507 e. The third-order valence-corrected chi connectivity index (χ3v) is 2.69. The van der Waals surface area contributed by atoms with Crippen LogP contribution in [0, 0.1) is 11.3 Å². The smallest absolute Gasteiger partial charge is 0.417 e. The first kappa shape index (κ1) is 14.9. The number of amides is 1. The summed E-state index contributed by atoms with van der Waals surface area (Å²) in [5.41, 5.74) is -0.112. The van der Waals surface area contributed by atoms with Gasteiger partial charge in [0.15, 0.2) is 0 Å². The number of nitrogens with zero attached hydrogens (tertiary/aromatic N) is 1. The lowest BCUT2D eigenvalue weighted by Gasteiger charge is -2.10. The zero-order valence-electron chi connectivity index (χ0n) is 11.1. The lowest BCUT2D eigenvalue weighted by Crippen LogP contribution is -2.18. The van der Waals surface area contributed by atoms with Gasteiger partial charge in [0.05, 0.1) is 17.3 Å². The summed E-state index contributed by atoms with van der Waals surface area (Å²) in [5, 5.41) is 29.4. The van der Waals surface area contributed by atoms with E-state index in [2.05, 4.69) is 5.32 Å². The monoisotopic (exact) mass is 298 g/mol. The molecule has 1 amide bonds. The molecule has 0 fully saturated rings. The van der Waals surface area contributed by atoms with E-state index in [0.717, 1.165) is 0 Å². The first-order chi connectivity index (χ1) is 10.5. The van der Waals surface area contributed by atoms with Crippen LogP contribution in [0.1, 0.15) is 15.9 Å². The molecule has 0 spiro atoms. The molecule has 7 heteroatoms. The Labute approximate surface area is 125 Å². The number of nitriles is 1. The Kier molecular flexibility index (Phi) is 4.24. The van der Waals surface area contributed by atoms with Crippen molar-refractivity contribution in [3.63, 3.8) is 0 Å². The minimum atomic E-state index is -1.38. The van der Waals surface area contributed by atoms with Crippen LogP contribution in [0.5, 0.6) is 11.5 Å². The van der Waals surface area contributed by atoms with E-state index in [9.17, 15) is 14.7 Å². The van der Waals surface area contributed by atoms with Crippen molar-refractivity contribution in [3.8, 4) is 17.6 Å². The lowest BCUT2D eigenvalue weighted by atomic mass is 10.1. The van der Waals surface area contributed by atoms with Crippen molar-refractivity contribution in [3.05, 3.63) is 53.6 Å². The van der Waals surface area contributed by atoms with Gasteiger partial charge in [-0.2, -0.15) is 5.26 Å². The summed E-state index contributed by atoms with van der Waals surface area (Å²) >= 11 is 0. The number of benzene rings is 2. The summed E-state index contributed by atoms with van der Waals surface area (Å²) < 4.78 is 4.96. The van der Waals surface area contributed by atoms with Gasteiger partial charge in [0.1, 0.15) is 17.1 Å². The molecule has 2 aromatic carbocycles. The van der Waals surface area contributed by atoms with Gasteiger partial charge in [-0.25, -0.2) is 9.59 Å². The number of nitrogens with one attached hydrogen (secondary N) is 1. The van der Waals surface area contributed by atoms with Gasteiger partial charge in [0.25, 0.3) is 0 Å². The Bertz CT molecular complexity index is 762. The Morgan fingerprint density at radius 3 is 2.41 bits per heavy atom. The van der Waals surface area contributed by atoms with E-state index in [4.69, 9.17) is 15.1 Å². The second-order valence-electron chi connectivity index (χ2n) is 4.16. The molecular formula is C15H10N2O5. The predicted octanol–water partition coefficient (Wildman–Crippen LogP) is 2.57. The molecule has 0 aliphatic heterocycles. The van der Waals surface area contributed by atoms with E-state index in [-0.39, 0.29) is 11.4 Å². The Hall–Kier alpha value is -3.53. The zero-order chi connectivity index (χ0) is 16.1. The average molecular weight is 298 g/mol. The van der Waals surface area contributed by atoms with Gasteiger partial charge in [0.2, 0.25) is 0 Å². The van der Waals surface area contributed by atoms with Crippen molar-refractivity contribution in [2.75, 3.05) is 5.32 Å². The highest BCUT2D eigenvalue weighted by Gasteiger charge is 2.17. The lowest BCUT2D eigenvalue weighted by molar-refractivity contribution is 0.0695. The number of anilines is 1. The fourth-order valence-electron chi connectivity index (χ4n) is 1.71. The molecule has 2 rings (SSSR count). The summed E-state index contributed by atoms with van der Waals surface area (Å²) in [6, 6.07) is 11.6. The molecule has 0 bridgehead atoms. The van der Waals surface area contributed by atoms with E-state index < -0.39 is 23.4 Å². The van der Waals surface area contributed by atoms with Gasteiger partial charge in [-0.1, -0.05) is 6.07 Å². The average Bonchev–Trinajstić information content (AvgIpc) is 2.47. The molecule has 0 aliphatic rings. The van der Waals surface area contributed by atoms with Crippen LogP contribution < -0.4 is 10.1 Å². The van der Waals surface area contributed by atoms with Crippen molar-refractivity contribution in [2.24, 2.45) is 0 Å². The standard InChI is InChI=1S/C15H10N2O5/c16-8-9-4-6-10(7-5-9)22-15(21)17-11-2-1-3-12(18)13(11)14(19)20/h1-7,18H,(H,17,21)(H,19,20). The number of phenols is 1. The number of hydrogen-bond acceptors (Lipinski definition) is 5. The van der Waals surface area contributed by atoms with E-state index >= 15 is 0 Å². The summed E-state index contributed by atoms with van der Waals surface area (Å²) in [6.07, 6.45) is -0.919. The number of hydrogen-bond donors (Lipinski definition) is 3. The molecular weight excluding hydrogens is 288 g/mol. The van der Waals surface area contributed by atoms with Crippen molar-refractivity contribution >= 4 is 17.7 Å². The van der Waals surface area contributed by atoms with Gasteiger partial charge < -0.3 is 14.9 Å². The number of carbonyl (C=O) groups is 2. The van der Waals surface area contributed by atoms with Crippen LogP contribution >= 0.6 is 0 Å². The maximum atomic E-state index is 11.7. The number of aromatic hydroxyl groups is 1. The van der Waals surface area contributed by atoms with Gasteiger partial charge in [-0.15, -0.1) is 0 Å². The van der Waals surface area contributed by atoms with E-state index in [1.54, 1.807) is 0 Å². The van der Waals surface area contributed by atoms with Gasteiger partial charge >= 0.3 is 12.1 Å². The summed E-state index contributed by atoms with van der Waals surface area (Å²) in [4.78, 5) is 22.8. The SMILES string of the molecule is N#Cc1ccc(OC(=O)Nc2cccc(O)c2C(=O)O)cc1. The van der Waals surface area contributed by atoms with Crippen LogP contribution in [-0.2, 0) is 0 Å². The maximum absolute atomic E-state index is 11.7. The van der Waals surface area contributed by atoms with Gasteiger partial charge in [-0.3, -0.25) is 5.32 Å². The fraction of sp³-hybridized carbons (Fsp3) is 0. The fourth-order valence-corrected chi connectivity index (χ4v) is 1.71. The summed E-state index contributed by atoms with van der Waals surface area (Å²) in [6.45, 7) is 0. The second kappa shape index (κ2) is 6.28. The van der Waals surface area contributed by atoms with E-state index in [1.165, 1.54) is 42.5 Å². The minimum absolute atomic E-state index is 0.0915. The number of carboxylic acids is 1. The van der Waals surface area contributed by atoms with Crippen LogP contribution in [0.4, 0.5) is 10.5 Å². The van der Waals surface area contributed by atoms with Crippen molar-refractivity contribution < 1.29 is 24.5 Å². The summed E-state index contributed by atoms with van der Waals surface area (Å²) in [7, 11) is 0. The molecule has 0 saturated heterocycles. The molecule has 2 aromatic rings. The highest BCUT2D eigenvalue weighted by Crippen LogP contribution is 2.25. The third kappa shape index (κ3) is 3.32. The van der Waals surface area contributed by atoms with E-state index in [0.29, 0.717) is 5.56 Å². The maximum Gasteiger partial charge on any atom is 0.417 e. The molecule has 0 aromatic heterocycles. The third-order valence-electron chi connectivity index (χ3n) is 2.69. The molecule has 0 saturated carbocycles. The van der Waals surface area contributed by atoms with Gasteiger partial charge in [0, 0.05) is 0 Å². The first-order valence-electron chi connectivity index (χ1n) is 6.05. The highest BCUT2D eigenvalue weighted by molar-refractivity contribution is 6.01. The number of ether oxygens (including phenoxy) is 1. The first-order valence-corrected chi connectivity index (χ1v) is 6.05. The number of aromatic carboxylic acids is 1. The molecule has 22 heavy (non-hydrogen) atoms. The molecule has 0 unspecified atom stereocenters. The number of rotatable bonds is 3. The Balaban J connectivity index is 2.14. The highest BCUT2D eigenvalue weighted by atomic mass is 16.6. The Morgan fingerprint density at radius 1 is 1.14 bits per heavy atom. The predicted molar refractivity (Wildman–Crippen MR) is 75.9 cm³/mol. The Morgan fingerprint density at radius 2 is 1.82 bits per heavy atom. The number of carbonyl (C=O) groups excluding carboxylic acids is 1. The van der Waals surface area contributed by atoms with Crippen molar-refractivity contribution in [1.29, 1.82) is 5.26 Å². The van der Waals surface area contributed by atoms with Crippen LogP contribution in [-0.4, -0.2) is 22.3 Å². The quantitative estimate of drug-likeness (QED) is 0.801. The van der Waals surface area contributed by atoms with Gasteiger partial charge in [-0.05, 0) is 36.4 Å². The molecule has 0 atom stereocenters. The largest absolute Gasteiger partial charge is 0.507 e. The van der Waals surface area contributed by atoms with Crippen LogP contribution in [0.3, 0.4) is 0 Å².